The number of thiol groups is 1. The number of amides is 1. The van der Waals surface area contributed by atoms with Crippen LogP contribution in [0, 0.1) is 0 Å². The van der Waals surface area contributed by atoms with Crippen LogP contribution in [0.3, 0.4) is 0 Å². The van der Waals surface area contributed by atoms with Gasteiger partial charge in [0.1, 0.15) is 11.8 Å². The number of benzene rings is 4. The Morgan fingerprint density at radius 1 is 0.905 bits per heavy atom. The molecular formula is C30H31N3O6S3. The summed E-state index contributed by atoms with van der Waals surface area (Å²) in [6.45, 7) is -0.132. The maximum absolute atomic E-state index is 13.8. The molecule has 0 aromatic heterocycles. The molecule has 4 aromatic rings. The maximum Gasteiger partial charge on any atom is 0.253 e. The number of methoxy groups -OCH3 is 1. The van der Waals surface area contributed by atoms with E-state index >= 15 is 0 Å². The molecule has 1 N–H and O–H groups in total. The second-order valence-corrected chi connectivity index (χ2v) is 14.6. The number of fused-ring (bicyclic) bond motifs is 1. The number of sulfonamides is 2. The van der Waals surface area contributed by atoms with E-state index in [9.17, 15) is 21.6 Å². The Kier molecular flexibility index (Phi) is 8.90. The third-order valence-corrected chi connectivity index (χ3v) is 10.9. The Labute approximate surface area is 251 Å². The first-order valence-electron chi connectivity index (χ1n) is 13.2. The number of nitrogens with one attached hydrogen (secondary N) is 1. The van der Waals surface area contributed by atoms with E-state index in [1.807, 2.05) is 24.3 Å². The standard InChI is InChI=1S/C30H31N3O6S3/c1-39-26-14-11-23(12-15-26)21-41(35,36)33(19-22-7-3-2-4-8-22)31-30(34)29-18-27(40)20-32(29)42(37,38)28-16-13-24-9-5-6-10-25(24)17-28/h2-17,27,29,40H,18-21H2,1H3,(H,31,34)/t27-,29+/m1/s1. The molecular weight excluding hydrogens is 595 g/mol. The Balaban J connectivity index is 1.42. The van der Waals surface area contributed by atoms with Crippen LogP contribution in [-0.2, 0) is 37.1 Å². The fraction of sp³-hybridized carbons (Fsp3) is 0.233. The fourth-order valence-corrected chi connectivity index (χ4v) is 8.43. The molecule has 1 fully saturated rings. The van der Waals surface area contributed by atoms with Gasteiger partial charge >= 0.3 is 0 Å². The summed E-state index contributed by atoms with van der Waals surface area (Å²) in [7, 11) is -6.67. The lowest BCUT2D eigenvalue weighted by Gasteiger charge is -2.28. The molecule has 1 aliphatic heterocycles. The molecule has 9 nitrogen and oxygen atoms in total. The van der Waals surface area contributed by atoms with Crippen LogP contribution >= 0.6 is 12.6 Å². The molecule has 2 atom stereocenters. The first kappa shape index (κ1) is 30.1. The largest absolute Gasteiger partial charge is 0.497 e. The Morgan fingerprint density at radius 3 is 2.26 bits per heavy atom. The van der Waals surface area contributed by atoms with Gasteiger partial charge in [-0.05, 0) is 52.6 Å². The lowest BCUT2D eigenvalue weighted by Crippen LogP contribution is -2.53. The van der Waals surface area contributed by atoms with Crippen molar-refractivity contribution < 1.29 is 26.4 Å². The zero-order valence-electron chi connectivity index (χ0n) is 22.8. The minimum atomic E-state index is -4.10. The van der Waals surface area contributed by atoms with Crippen LogP contribution in [0.15, 0.2) is 102 Å². The van der Waals surface area contributed by atoms with Gasteiger partial charge in [-0.2, -0.15) is 16.9 Å². The van der Waals surface area contributed by atoms with Gasteiger partial charge in [-0.3, -0.25) is 10.2 Å². The summed E-state index contributed by atoms with van der Waals surface area (Å²) in [5.74, 6) is -0.547. The summed E-state index contributed by atoms with van der Waals surface area (Å²) in [5, 5.41) is 1.23. The van der Waals surface area contributed by atoms with Crippen molar-refractivity contribution in [1.29, 1.82) is 0 Å². The van der Waals surface area contributed by atoms with Gasteiger partial charge in [0.25, 0.3) is 5.91 Å². The van der Waals surface area contributed by atoms with Crippen LogP contribution in [0.5, 0.6) is 5.75 Å². The molecule has 0 spiro atoms. The van der Waals surface area contributed by atoms with Crippen molar-refractivity contribution in [1.82, 2.24) is 14.1 Å². The summed E-state index contributed by atoms with van der Waals surface area (Å²) < 4.78 is 62.0. The molecule has 42 heavy (non-hydrogen) atoms. The molecule has 0 unspecified atom stereocenters. The van der Waals surface area contributed by atoms with E-state index in [4.69, 9.17) is 4.74 Å². The van der Waals surface area contributed by atoms with Gasteiger partial charge in [-0.1, -0.05) is 72.8 Å². The van der Waals surface area contributed by atoms with Crippen molar-refractivity contribution in [3.05, 3.63) is 108 Å². The van der Waals surface area contributed by atoms with Gasteiger partial charge in [0, 0.05) is 11.8 Å². The van der Waals surface area contributed by atoms with E-state index in [1.54, 1.807) is 66.7 Å². The Hall–Kier alpha value is -3.42. The summed E-state index contributed by atoms with van der Waals surface area (Å²) in [6, 6.07) is 26.5. The summed E-state index contributed by atoms with van der Waals surface area (Å²) in [5.41, 5.74) is 3.68. The van der Waals surface area contributed by atoms with E-state index in [0.29, 0.717) is 16.9 Å². The second kappa shape index (κ2) is 12.4. The molecule has 0 aliphatic carbocycles. The first-order valence-corrected chi connectivity index (χ1v) is 16.8. The highest BCUT2D eigenvalue weighted by Crippen LogP contribution is 2.31. The molecule has 1 amide bonds. The van der Waals surface area contributed by atoms with Crippen LogP contribution in [-0.4, -0.2) is 56.4 Å². The minimum absolute atomic E-state index is 0.00758. The first-order chi connectivity index (χ1) is 20.1. The van der Waals surface area contributed by atoms with Gasteiger partial charge in [0.15, 0.2) is 0 Å². The van der Waals surface area contributed by atoms with Crippen molar-refractivity contribution in [3.8, 4) is 5.75 Å². The average molecular weight is 626 g/mol. The molecule has 12 heteroatoms. The van der Waals surface area contributed by atoms with E-state index in [0.717, 1.165) is 19.5 Å². The normalized spacial score (nSPS) is 17.9. The minimum Gasteiger partial charge on any atom is -0.497 e. The zero-order valence-corrected chi connectivity index (χ0v) is 25.4. The average Bonchev–Trinajstić information content (AvgIpc) is 3.40. The monoisotopic (exact) mass is 625 g/mol. The Morgan fingerprint density at radius 2 is 1.57 bits per heavy atom. The number of carbonyl (C=O) groups excluding carboxylic acids is 1. The smallest absolute Gasteiger partial charge is 0.253 e. The molecule has 0 radical (unpaired) electrons. The topological polar surface area (TPSA) is 113 Å². The molecule has 1 aliphatic rings. The lowest BCUT2D eigenvalue weighted by atomic mass is 10.1. The van der Waals surface area contributed by atoms with Gasteiger partial charge < -0.3 is 4.74 Å². The summed E-state index contributed by atoms with van der Waals surface area (Å²) >= 11 is 4.49. The van der Waals surface area contributed by atoms with Crippen molar-refractivity contribution in [3.63, 3.8) is 0 Å². The highest BCUT2D eigenvalue weighted by molar-refractivity contribution is 7.89. The van der Waals surface area contributed by atoms with E-state index in [-0.39, 0.29) is 30.2 Å². The molecule has 220 valence electrons. The number of hydrazine groups is 1. The van der Waals surface area contributed by atoms with Crippen molar-refractivity contribution in [2.24, 2.45) is 0 Å². The molecule has 1 heterocycles. The van der Waals surface area contributed by atoms with Crippen molar-refractivity contribution >= 4 is 49.4 Å². The third kappa shape index (κ3) is 6.63. The van der Waals surface area contributed by atoms with Gasteiger partial charge in [0.2, 0.25) is 20.0 Å². The number of rotatable bonds is 10. The highest BCUT2D eigenvalue weighted by atomic mass is 32.2. The molecule has 0 saturated carbocycles. The molecule has 5 rings (SSSR count). The van der Waals surface area contributed by atoms with Gasteiger partial charge in [-0.25, -0.2) is 16.8 Å². The Bertz CT molecular complexity index is 1780. The SMILES string of the molecule is COc1ccc(CS(=O)(=O)N(Cc2ccccc2)NC(=O)[C@@H]2C[C@@H](S)CN2S(=O)(=O)c2ccc3ccccc3c2)cc1. The maximum atomic E-state index is 13.8. The number of hydrogen-bond donors (Lipinski definition) is 2. The van der Waals surface area contributed by atoms with E-state index in [2.05, 4.69) is 18.1 Å². The van der Waals surface area contributed by atoms with Crippen molar-refractivity contribution in [2.75, 3.05) is 13.7 Å². The van der Waals surface area contributed by atoms with Crippen molar-refractivity contribution in [2.45, 2.75) is 34.9 Å². The fourth-order valence-electron chi connectivity index (χ4n) is 4.92. The van der Waals surface area contributed by atoms with Crippen LogP contribution in [0.2, 0.25) is 0 Å². The summed E-state index contributed by atoms with van der Waals surface area (Å²) in [4.78, 5) is 13.8. The van der Waals surface area contributed by atoms with Gasteiger partial charge in [0.05, 0.1) is 24.3 Å². The van der Waals surface area contributed by atoms with Crippen LogP contribution in [0.4, 0.5) is 0 Å². The quantitative estimate of drug-likeness (QED) is 0.204. The summed E-state index contributed by atoms with van der Waals surface area (Å²) in [6.07, 6.45) is 0.124. The number of nitrogens with zero attached hydrogens (tertiary/aromatic N) is 2. The van der Waals surface area contributed by atoms with E-state index < -0.39 is 37.2 Å². The molecule has 4 aromatic carbocycles. The zero-order chi connectivity index (χ0) is 29.9. The predicted octanol–water partition coefficient (Wildman–Crippen LogP) is 3.97. The lowest BCUT2D eigenvalue weighted by molar-refractivity contribution is -0.127. The number of hydrogen-bond acceptors (Lipinski definition) is 7. The second-order valence-electron chi connectivity index (χ2n) is 10.1. The van der Waals surface area contributed by atoms with Crippen LogP contribution < -0.4 is 10.2 Å². The molecule has 1 saturated heterocycles. The van der Waals surface area contributed by atoms with E-state index in [1.165, 1.54) is 13.2 Å². The van der Waals surface area contributed by atoms with Crippen LogP contribution in [0.25, 0.3) is 10.8 Å². The third-order valence-electron chi connectivity index (χ3n) is 7.11. The number of carbonyl (C=O) groups is 1. The van der Waals surface area contributed by atoms with Gasteiger partial charge in [-0.15, -0.1) is 4.41 Å². The molecule has 0 bridgehead atoms. The highest BCUT2D eigenvalue weighted by Gasteiger charge is 2.44. The number of ether oxygens (including phenoxy) is 1. The predicted molar refractivity (Wildman–Crippen MR) is 165 cm³/mol. The van der Waals surface area contributed by atoms with Crippen LogP contribution in [0.1, 0.15) is 17.5 Å².